The number of fused-ring (bicyclic) bond motifs is 1. The molecule has 0 aromatic carbocycles. The highest BCUT2D eigenvalue weighted by Gasteiger charge is 2.33. The second-order valence-corrected chi connectivity index (χ2v) is 5.30. The molecule has 1 amide bonds. The van der Waals surface area contributed by atoms with Gasteiger partial charge >= 0.3 is 5.97 Å². The predicted molar refractivity (Wildman–Crippen MR) is 75.1 cm³/mol. The number of furan rings is 1. The van der Waals surface area contributed by atoms with Crippen LogP contribution in [0.4, 0.5) is 0 Å². The number of hydrogen-bond donors (Lipinski definition) is 1. The maximum atomic E-state index is 12.5. The summed E-state index contributed by atoms with van der Waals surface area (Å²) >= 11 is 0. The normalized spacial score (nSPS) is 18.9. The van der Waals surface area contributed by atoms with Crippen molar-refractivity contribution in [2.24, 2.45) is 0 Å². The molecular formula is C15H16N2O4. The van der Waals surface area contributed by atoms with Crippen molar-refractivity contribution in [2.45, 2.75) is 32.2 Å². The van der Waals surface area contributed by atoms with Crippen LogP contribution in [0.5, 0.6) is 0 Å². The second-order valence-electron chi connectivity index (χ2n) is 5.30. The highest BCUT2D eigenvalue weighted by Crippen LogP contribution is 2.23. The van der Waals surface area contributed by atoms with Gasteiger partial charge in [0.1, 0.15) is 11.6 Å². The zero-order valence-electron chi connectivity index (χ0n) is 11.7. The number of amides is 1. The molecule has 6 heteroatoms. The van der Waals surface area contributed by atoms with Crippen molar-refractivity contribution in [3.05, 3.63) is 29.7 Å². The van der Waals surface area contributed by atoms with E-state index in [0.717, 1.165) is 18.5 Å². The fourth-order valence-corrected chi connectivity index (χ4v) is 2.70. The zero-order chi connectivity index (χ0) is 15.0. The van der Waals surface area contributed by atoms with Crippen LogP contribution in [0.3, 0.4) is 0 Å². The van der Waals surface area contributed by atoms with Gasteiger partial charge in [-0.3, -0.25) is 4.79 Å². The van der Waals surface area contributed by atoms with Crippen molar-refractivity contribution in [3.63, 3.8) is 0 Å². The number of aromatic nitrogens is 1. The first-order valence-electron chi connectivity index (χ1n) is 6.97. The van der Waals surface area contributed by atoms with E-state index in [1.165, 1.54) is 4.90 Å². The van der Waals surface area contributed by atoms with Crippen molar-refractivity contribution in [1.29, 1.82) is 0 Å². The molecular weight excluding hydrogens is 272 g/mol. The van der Waals surface area contributed by atoms with Gasteiger partial charge < -0.3 is 14.4 Å². The molecule has 1 fully saturated rings. The number of nitrogens with zero attached hydrogens (tertiary/aromatic N) is 2. The maximum Gasteiger partial charge on any atom is 0.326 e. The van der Waals surface area contributed by atoms with E-state index >= 15 is 0 Å². The van der Waals surface area contributed by atoms with Crippen molar-refractivity contribution in [3.8, 4) is 0 Å². The van der Waals surface area contributed by atoms with Crippen LogP contribution in [0.25, 0.3) is 11.1 Å². The highest BCUT2D eigenvalue weighted by molar-refractivity contribution is 5.97. The molecule has 0 saturated carbocycles. The van der Waals surface area contributed by atoms with E-state index in [0.29, 0.717) is 24.1 Å². The van der Waals surface area contributed by atoms with Crippen molar-refractivity contribution >= 4 is 23.0 Å². The van der Waals surface area contributed by atoms with Crippen molar-refractivity contribution in [2.75, 3.05) is 6.54 Å². The molecule has 2 aromatic rings. The van der Waals surface area contributed by atoms with E-state index in [1.807, 2.05) is 6.92 Å². The molecule has 110 valence electrons. The van der Waals surface area contributed by atoms with Gasteiger partial charge in [-0.15, -0.1) is 0 Å². The Bertz CT molecular complexity index is 707. The quantitative estimate of drug-likeness (QED) is 0.916. The summed E-state index contributed by atoms with van der Waals surface area (Å²) in [6.07, 6.45) is 2.12. The number of piperidine rings is 1. The number of carbonyl (C=O) groups excluding carboxylic acids is 1. The monoisotopic (exact) mass is 288 g/mol. The van der Waals surface area contributed by atoms with Gasteiger partial charge in [0.15, 0.2) is 11.3 Å². The Balaban J connectivity index is 1.93. The molecule has 0 radical (unpaired) electrons. The average Bonchev–Trinajstić information content (AvgIpc) is 2.89. The first-order chi connectivity index (χ1) is 10.1. The third-order valence-electron chi connectivity index (χ3n) is 3.77. The number of aliphatic carboxylic acids is 1. The number of pyridine rings is 1. The molecule has 1 aliphatic heterocycles. The molecule has 2 aromatic heterocycles. The summed E-state index contributed by atoms with van der Waals surface area (Å²) in [6.45, 7) is 2.30. The molecule has 0 spiro atoms. The molecule has 0 aliphatic carbocycles. The van der Waals surface area contributed by atoms with Gasteiger partial charge in [0, 0.05) is 18.3 Å². The Labute approximate surface area is 121 Å². The Hall–Kier alpha value is -2.37. The van der Waals surface area contributed by atoms with E-state index in [2.05, 4.69) is 4.98 Å². The number of carboxylic acid groups (broad SMARTS) is 1. The lowest BCUT2D eigenvalue weighted by molar-refractivity contribution is -0.143. The average molecular weight is 288 g/mol. The van der Waals surface area contributed by atoms with Crippen molar-refractivity contribution in [1.82, 2.24) is 9.88 Å². The third-order valence-corrected chi connectivity index (χ3v) is 3.77. The summed E-state index contributed by atoms with van der Waals surface area (Å²) in [5.74, 6) is -1.19. The summed E-state index contributed by atoms with van der Waals surface area (Å²) in [5.41, 5.74) is 1.98. The first kappa shape index (κ1) is 13.6. The van der Waals surface area contributed by atoms with E-state index in [4.69, 9.17) is 4.42 Å². The van der Waals surface area contributed by atoms with Gasteiger partial charge in [0.05, 0.1) is 0 Å². The molecule has 1 aliphatic rings. The second kappa shape index (κ2) is 5.20. The number of carboxylic acids is 1. The van der Waals surface area contributed by atoms with E-state index in [-0.39, 0.29) is 11.7 Å². The SMILES string of the molecule is Cc1ccc2oc(C(=O)N3CCCC[C@@H]3C(=O)O)cc2n1. The van der Waals surface area contributed by atoms with Crippen LogP contribution in [-0.2, 0) is 4.79 Å². The number of likely N-dealkylation sites (tertiary alicyclic amines) is 1. The molecule has 1 saturated heterocycles. The maximum absolute atomic E-state index is 12.5. The van der Waals surface area contributed by atoms with E-state index in [9.17, 15) is 14.7 Å². The van der Waals surface area contributed by atoms with Gasteiger partial charge in [-0.1, -0.05) is 0 Å². The minimum absolute atomic E-state index is 0.149. The molecule has 6 nitrogen and oxygen atoms in total. The molecule has 3 rings (SSSR count). The summed E-state index contributed by atoms with van der Waals surface area (Å²) in [7, 11) is 0. The molecule has 0 bridgehead atoms. The standard InChI is InChI=1S/C15H16N2O4/c1-9-5-6-12-10(16-9)8-13(21-12)14(18)17-7-3-2-4-11(17)15(19)20/h5-6,8,11H,2-4,7H2,1H3,(H,19,20)/t11-/m1/s1. The van der Waals surface area contributed by atoms with Gasteiger partial charge in [-0.05, 0) is 38.3 Å². The minimum atomic E-state index is -0.965. The van der Waals surface area contributed by atoms with Crippen LogP contribution in [-0.4, -0.2) is 39.5 Å². The van der Waals surface area contributed by atoms with Crippen molar-refractivity contribution < 1.29 is 19.1 Å². The minimum Gasteiger partial charge on any atom is -0.480 e. The first-order valence-corrected chi connectivity index (χ1v) is 6.97. The fourth-order valence-electron chi connectivity index (χ4n) is 2.70. The van der Waals surface area contributed by atoms with Gasteiger partial charge in [-0.25, -0.2) is 9.78 Å². The lowest BCUT2D eigenvalue weighted by Gasteiger charge is -2.32. The van der Waals surface area contributed by atoms with E-state index in [1.54, 1.807) is 18.2 Å². The third kappa shape index (κ3) is 2.49. The number of aryl methyl sites for hydroxylation is 1. The molecule has 0 unspecified atom stereocenters. The van der Waals surface area contributed by atoms with Crippen LogP contribution >= 0.6 is 0 Å². The van der Waals surface area contributed by atoms with Gasteiger partial charge in [-0.2, -0.15) is 0 Å². The summed E-state index contributed by atoms with van der Waals surface area (Å²) in [5, 5.41) is 9.24. The predicted octanol–water partition coefficient (Wildman–Crippen LogP) is 2.22. The fraction of sp³-hybridized carbons (Fsp3) is 0.400. The largest absolute Gasteiger partial charge is 0.480 e. The van der Waals surface area contributed by atoms with Crippen LogP contribution < -0.4 is 0 Å². The zero-order valence-corrected chi connectivity index (χ0v) is 11.7. The van der Waals surface area contributed by atoms with Crippen LogP contribution in [0.1, 0.15) is 35.5 Å². The van der Waals surface area contributed by atoms with Crippen LogP contribution in [0.2, 0.25) is 0 Å². The highest BCUT2D eigenvalue weighted by atomic mass is 16.4. The Morgan fingerprint density at radius 3 is 2.95 bits per heavy atom. The molecule has 1 N–H and O–H groups in total. The van der Waals surface area contributed by atoms with E-state index < -0.39 is 12.0 Å². The Morgan fingerprint density at radius 1 is 1.38 bits per heavy atom. The molecule has 3 heterocycles. The smallest absolute Gasteiger partial charge is 0.326 e. The summed E-state index contributed by atoms with van der Waals surface area (Å²) < 4.78 is 5.52. The van der Waals surface area contributed by atoms with Gasteiger partial charge in [0.2, 0.25) is 0 Å². The summed E-state index contributed by atoms with van der Waals surface area (Å²) in [6, 6.07) is 4.38. The Morgan fingerprint density at radius 2 is 2.19 bits per heavy atom. The Kier molecular flexibility index (Phi) is 3.37. The number of hydrogen-bond acceptors (Lipinski definition) is 4. The van der Waals surface area contributed by atoms with Crippen LogP contribution in [0.15, 0.2) is 22.6 Å². The van der Waals surface area contributed by atoms with Crippen LogP contribution in [0, 0.1) is 6.92 Å². The molecule has 21 heavy (non-hydrogen) atoms. The number of rotatable bonds is 2. The lowest BCUT2D eigenvalue weighted by atomic mass is 10.0. The number of carbonyl (C=O) groups is 2. The lowest BCUT2D eigenvalue weighted by Crippen LogP contribution is -2.47. The molecule has 1 atom stereocenters. The summed E-state index contributed by atoms with van der Waals surface area (Å²) in [4.78, 5) is 29.5. The topological polar surface area (TPSA) is 83.6 Å². The van der Waals surface area contributed by atoms with Gasteiger partial charge in [0.25, 0.3) is 5.91 Å².